The van der Waals surface area contributed by atoms with Crippen molar-refractivity contribution in [1.82, 2.24) is 4.98 Å². The van der Waals surface area contributed by atoms with Crippen molar-refractivity contribution < 1.29 is 8.95 Å². The molecule has 0 bridgehead atoms. The SMILES string of the molecule is COc1c(C)cnc(CS(=O)c2ccc(N)c(C)c2)c1C. The minimum atomic E-state index is -1.15. The molecule has 1 aromatic heterocycles. The number of ether oxygens (including phenoxy) is 1. The summed E-state index contributed by atoms with van der Waals surface area (Å²) in [6, 6.07) is 5.46. The number of nitrogen functional groups attached to an aromatic ring is 1. The fourth-order valence-electron chi connectivity index (χ4n) is 2.21. The van der Waals surface area contributed by atoms with Gasteiger partial charge in [-0.2, -0.15) is 0 Å². The standard InChI is InChI=1S/C16H20N2O2S/c1-10-7-13(5-6-14(10)17)21(19)9-15-12(3)16(20-4)11(2)8-18-15/h5-8H,9,17H2,1-4H3. The number of pyridine rings is 1. The van der Waals surface area contributed by atoms with Crippen molar-refractivity contribution in [1.29, 1.82) is 0 Å². The third kappa shape index (κ3) is 3.24. The summed E-state index contributed by atoms with van der Waals surface area (Å²) in [6.45, 7) is 5.80. The molecule has 2 aromatic rings. The first-order valence-electron chi connectivity index (χ1n) is 6.67. The van der Waals surface area contributed by atoms with E-state index in [1.165, 1.54) is 0 Å². The lowest BCUT2D eigenvalue weighted by Crippen LogP contribution is -2.04. The number of nitrogens with two attached hydrogens (primary N) is 1. The van der Waals surface area contributed by atoms with Gasteiger partial charge < -0.3 is 10.5 Å². The number of hydrogen-bond donors (Lipinski definition) is 1. The van der Waals surface area contributed by atoms with Gasteiger partial charge in [0.1, 0.15) is 5.75 Å². The highest BCUT2D eigenvalue weighted by atomic mass is 32.2. The molecule has 0 saturated heterocycles. The largest absolute Gasteiger partial charge is 0.496 e. The average molecular weight is 304 g/mol. The molecule has 0 fully saturated rings. The number of rotatable bonds is 4. The summed E-state index contributed by atoms with van der Waals surface area (Å²) in [7, 11) is 0.485. The molecular formula is C16H20N2O2S. The van der Waals surface area contributed by atoms with Gasteiger partial charge in [-0.15, -0.1) is 0 Å². The van der Waals surface area contributed by atoms with Gasteiger partial charge in [0.25, 0.3) is 0 Å². The minimum Gasteiger partial charge on any atom is -0.496 e. The molecule has 5 heteroatoms. The maximum absolute atomic E-state index is 12.5. The van der Waals surface area contributed by atoms with E-state index in [0.717, 1.165) is 33.0 Å². The molecule has 0 aliphatic rings. The molecule has 2 N–H and O–H groups in total. The Kier molecular flexibility index (Phi) is 4.63. The summed E-state index contributed by atoms with van der Waals surface area (Å²) in [6.07, 6.45) is 1.76. The lowest BCUT2D eigenvalue weighted by Gasteiger charge is -2.12. The monoisotopic (exact) mass is 304 g/mol. The van der Waals surface area contributed by atoms with E-state index in [0.29, 0.717) is 11.4 Å². The van der Waals surface area contributed by atoms with Crippen molar-refractivity contribution in [3.63, 3.8) is 0 Å². The third-order valence-electron chi connectivity index (χ3n) is 3.52. The van der Waals surface area contributed by atoms with E-state index < -0.39 is 10.8 Å². The molecule has 1 unspecified atom stereocenters. The average Bonchev–Trinajstić information content (AvgIpc) is 2.45. The van der Waals surface area contributed by atoms with Crippen LogP contribution in [-0.4, -0.2) is 16.3 Å². The van der Waals surface area contributed by atoms with Crippen molar-refractivity contribution in [2.75, 3.05) is 12.8 Å². The van der Waals surface area contributed by atoms with E-state index >= 15 is 0 Å². The number of aryl methyl sites for hydroxylation is 2. The Balaban J connectivity index is 2.29. The van der Waals surface area contributed by atoms with Gasteiger partial charge in [0.05, 0.1) is 29.4 Å². The number of methoxy groups -OCH3 is 1. The van der Waals surface area contributed by atoms with Gasteiger partial charge in [0, 0.05) is 27.9 Å². The first-order chi connectivity index (χ1) is 9.93. The zero-order valence-electron chi connectivity index (χ0n) is 12.8. The molecule has 0 spiro atoms. The zero-order chi connectivity index (χ0) is 15.6. The molecular weight excluding hydrogens is 284 g/mol. The predicted octanol–water partition coefficient (Wildman–Crippen LogP) is 2.91. The van der Waals surface area contributed by atoms with Crippen LogP contribution in [0.2, 0.25) is 0 Å². The number of nitrogens with zero attached hydrogens (tertiary/aromatic N) is 1. The number of benzene rings is 1. The van der Waals surface area contributed by atoms with Crippen LogP contribution in [0.4, 0.5) is 5.69 Å². The van der Waals surface area contributed by atoms with Crippen LogP contribution in [0.25, 0.3) is 0 Å². The Labute approximate surface area is 127 Å². The fourth-order valence-corrected chi connectivity index (χ4v) is 3.45. The van der Waals surface area contributed by atoms with Crippen molar-refractivity contribution in [2.45, 2.75) is 31.4 Å². The van der Waals surface area contributed by atoms with E-state index in [1.807, 2.05) is 26.8 Å². The van der Waals surface area contributed by atoms with Crippen molar-refractivity contribution in [3.05, 3.63) is 46.8 Å². The van der Waals surface area contributed by atoms with Crippen molar-refractivity contribution in [2.24, 2.45) is 0 Å². The zero-order valence-corrected chi connectivity index (χ0v) is 13.6. The normalized spacial score (nSPS) is 12.2. The van der Waals surface area contributed by atoms with Crippen LogP contribution in [0.1, 0.15) is 22.4 Å². The minimum absolute atomic E-state index is 0.367. The van der Waals surface area contributed by atoms with E-state index in [4.69, 9.17) is 10.5 Å². The van der Waals surface area contributed by atoms with Crippen LogP contribution in [-0.2, 0) is 16.6 Å². The highest BCUT2D eigenvalue weighted by Gasteiger charge is 2.13. The van der Waals surface area contributed by atoms with E-state index in [9.17, 15) is 4.21 Å². The molecule has 1 atom stereocenters. The Hall–Kier alpha value is -1.88. The molecule has 21 heavy (non-hydrogen) atoms. The molecule has 0 radical (unpaired) electrons. The molecule has 1 aromatic carbocycles. The van der Waals surface area contributed by atoms with E-state index in [-0.39, 0.29) is 0 Å². The molecule has 0 aliphatic heterocycles. The highest BCUT2D eigenvalue weighted by Crippen LogP contribution is 2.26. The maximum atomic E-state index is 12.5. The highest BCUT2D eigenvalue weighted by molar-refractivity contribution is 7.84. The fraction of sp³-hybridized carbons (Fsp3) is 0.312. The number of hydrogen-bond acceptors (Lipinski definition) is 4. The van der Waals surface area contributed by atoms with Gasteiger partial charge in [0.2, 0.25) is 0 Å². The number of anilines is 1. The Morgan fingerprint density at radius 1 is 1.24 bits per heavy atom. The second kappa shape index (κ2) is 6.26. The van der Waals surface area contributed by atoms with Gasteiger partial charge in [0.15, 0.2) is 0 Å². The molecule has 1 heterocycles. The van der Waals surface area contributed by atoms with Gasteiger partial charge in [-0.05, 0) is 44.5 Å². The topological polar surface area (TPSA) is 65.2 Å². The van der Waals surface area contributed by atoms with Crippen LogP contribution >= 0.6 is 0 Å². The van der Waals surface area contributed by atoms with Gasteiger partial charge in [-0.3, -0.25) is 9.19 Å². The quantitative estimate of drug-likeness (QED) is 0.882. The van der Waals surface area contributed by atoms with Crippen LogP contribution in [0, 0.1) is 20.8 Å². The van der Waals surface area contributed by atoms with Crippen LogP contribution in [0.3, 0.4) is 0 Å². The summed E-state index contributed by atoms with van der Waals surface area (Å²) in [4.78, 5) is 5.16. The molecule has 4 nitrogen and oxygen atoms in total. The smallest absolute Gasteiger partial charge is 0.128 e. The second-order valence-corrected chi connectivity index (χ2v) is 6.51. The molecule has 0 saturated carbocycles. The molecule has 0 amide bonds. The Bertz CT molecular complexity index is 699. The maximum Gasteiger partial charge on any atom is 0.128 e. The second-order valence-electron chi connectivity index (χ2n) is 5.05. The van der Waals surface area contributed by atoms with E-state index in [2.05, 4.69) is 4.98 Å². The molecule has 0 aliphatic carbocycles. The van der Waals surface area contributed by atoms with Crippen LogP contribution in [0.15, 0.2) is 29.3 Å². The summed E-state index contributed by atoms with van der Waals surface area (Å²) in [5, 5.41) is 0. The lowest BCUT2D eigenvalue weighted by atomic mass is 10.1. The Morgan fingerprint density at radius 3 is 2.57 bits per heavy atom. The summed E-state index contributed by atoms with van der Waals surface area (Å²) >= 11 is 0. The van der Waals surface area contributed by atoms with E-state index in [1.54, 1.807) is 25.4 Å². The van der Waals surface area contributed by atoms with Crippen LogP contribution < -0.4 is 10.5 Å². The number of aromatic nitrogens is 1. The van der Waals surface area contributed by atoms with Crippen LogP contribution in [0.5, 0.6) is 5.75 Å². The summed E-state index contributed by atoms with van der Waals surface area (Å²) in [5.74, 6) is 1.18. The van der Waals surface area contributed by atoms with Gasteiger partial charge in [-0.25, -0.2) is 0 Å². The Morgan fingerprint density at radius 2 is 1.95 bits per heavy atom. The van der Waals surface area contributed by atoms with Gasteiger partial charge in [-0.1, -0.05) is 0 Å². The predicted molar refractivity (Wildman–Crippen MR) is 86.0 cm³/mol. The summed E-state index contributed by atoms with van der Waals surface area (Å²) < 4.78 is 17.9. The lowest BCUT2D eigenvalue weighted by molar-refractivity contribution is 0.407. The van der Waals surface area contributed by atoms with Crippen molar-refractivity contribution >= 4 is 16.5 Å². The first kappa shape index (κ1) is 15.5. The third-order valence-corrected chi connectivity index (χ3v) is 4.84. The summed E-state index contributed by atoms with van der Waals surface area (Å²) in [5.41, 5.74) is 10.2. The molecule has 112 valence electrons. The molecule has 2 rings (SSSR count). The van der Waals surface area contributed by atoms with Crippen molar-refractivity contribution in [3.8, 4) is 5.75 Å². The van der Waals surface area contributed by atoms with Gasteiger partial charge >= 0.3 is 0 Å². The first-order valence-corrected chi connectivity index (χ1v) is 7.99.